The molecule has 0 saturated carbocycles. The quantitative estimate of drug-likeness (QED) is 0.417. The summed E-state index contributed by atoms with van der Waals surface area (Å²) in [7, 11) is 6.00. The van der Waals surface area contributed by atoms with E-state index in [-0.39, 0.29) is 0 Å². The van der Waals surface area contributed by atoms with Crippen molar-refractivity contribution in [3.63, 3.8) is 0 Å². The minimum Gasteiger partial charge on any atom is -0.356 e. The van der Waals surface area contributed by atoms with Crippen molar-refractivity contribution in [2.24, 2.45) is 10.9 Å². The SMILES string of the molecule is CN=C(NCCCCC(C)C)NCc1ccc(CN(C)C)cc1. The van der Waals surface area contributed by atoms with Gasteiger partial charge in [0.2, 0.25) is 0 Å². The van der Waals surface area contributed by atoms with Crippen LogP contribution in [0.1, 0.15) is 44.2 Å². The number of nitrogens with one attached hydrogen (secondary N) is 2. The zero-order valence-electron chi connectivity index (χ0n) is 15.5. The van der Waals surface area contributed by atoms with Crippen LogP contribution in [-0.2, 0) is 13.1 Å². The van der Waals surface area contributed by atoms with Crippen LogP contribution in [0.25, 0.3) is 0 Å². The molecule has 1 rings (SSSR count). The maximum Gasteiger partial charge on any atom is 0.191 e. The van der Waals surface area contributed by atoms with Crippen molar-refractivity contribution in [3.05, 3.63) is 35.4 Å². The van der Waals surface area contributed by atoms with Crippen LogP contribution in [0.2, 0.25) is 0 Å². The highest BCUT2D eigenvalue weighted by atomic mass is 15.2. The molecule has 2 N–H and O–H groups in total. The molecule has 0 unspecified atom stereocenters. The summed E-state index contributed by atoms with van der Waals surface area (Å²) in [5, 5.41) is 6.76. The van der Waals surface area contributed by atoms with Crippen molar-refractivity contribution in [1.82, 2.24) is 15.5 Å². The molecule has 0 heterocycles. The van der Waals surface area contributed by atoms with E-state index >= 15 is 0 Å². The average Bonchev–Trinajstić information content (AvgIpc) is 2.50. The molecule has 23 heavy (non-hydrogen) atoms. The third-order valence-electron chi connectivity index (χ3n) is 3.71. The third kappa shape index (κ3) is 9.24. The lowest BCUT2D eigenvalue weighted by molar-refractivity contribution is 0.402. The van der Waals surface area contributed by atoms with Crippen molar-refractivity contribution in [2.75, 3.05) is 27.7 Å². The van der Waals surface area contributed by atoms with E-state index in [1.54, 1.807) is 0 Å². The van der Waals surface area contributed by atoms with Crippen LogP contribution < -0.4 is 10.6 Å². The minimum atomic E-state index is 0.794. The molecule has 0 aliphatic rings. The summed E-state index contributed by atoms with van der Waals surface area (Å²) in [6.45, 7) is 7.31. The van der Waals surface area contributed by atoms with E-state index < -0.39 is 0 Å². The van der Waals surface area contributed by atoms with Gasteiger partial charge in [-0.2, -0.15) is 0 Å². The summed E-state index contributed by atoms with van der Waals surface area (Å²) in [4.78, 5) is 6.46. The number of nitrogens with zero attached hydrogens (tertiary/aromatic N) is 2. The van der Waals surface area contributed by atoms with Crippen LogP contribution in [0.4, 0.5) is 0 Å². The third-order valence-corrected chi connectivity index (χ3v) is 3.71. The number of unbranched alkanes of at least 4 members (excludes halogenated alkanes) is 1. The molecule has 0 amide bonds. The lowest BCUT2D eigenvalue weighted by atomic mass is 10.1. The number of rotatable bonds is 9. The van der Waals surface area contributed by atoms with Crippen molar-refractivity contribution >= 4 is 5.96 Å². The highest BCUT2D eigenvalue weighted by Gasteiger charge is 2.00. The van der Waals surface area contributed by atoms with Gasteiger partial charge < -0.3 is 15.5 Å². The maximum absolute atomic E-state index is 4.28. The van der Waals surface area contributed by atoms with Crippen LogP contribution >= 0.6 is 0 Å². The number of guanidine groups is 1. The van der Waals surface area contributed by atoms with Gasteiger partial charge in [-0.15, -0.1) is 0 Å². The van der Waals surface area contributed by atoms with Gasteiger partial charge in [0.25, 0.3) is 0 Å². The lowest BCUT2D eigenvalue weighted by Gasteiger charge is -2.13. The van der Waals surface area contributed by atoms with Crippen molar-refractivity contribution < 1.29 is 0 Å². The predicted octanol–water partition coefficient (Wildman–Crippen LogP) is 3.24. The fourth-order valence-electron chi connectivity index (χ4n) is 2.42. The summed E-state index contributed by atoms with van der Waals surface area (Å²) >= 11 is 0. The molecular weight excluding hydrogens is 284 g/mol. The van der Waals surface area contributed by atoms with Gasteiger partial charge in [-0.25, -0.2) is 0 Å². The van der Waals surface area contributed by atoms with E-state index in [4.69, 9.17) is 0 Å². The van der Waals surface area contributed by atoms with E-state index in [0.717, 1.165) is 31.5 Å². The topological polar surface area (TPSA) is 39.7 Å². The Morgan fingerprint density at radius 3 is 2.26 bits per heavy atom. The zero-order valence-corrected chi connectivity index (χ0v) is 15.5. The van der Waals surface area contributed by atoms with E-state index in [1.807, 2.05) is 7.05 Å². The molecule has 1 aromatic carbocycles. The second-order valence-electron chi connectivity index (χ2n) is 6.80. The monoisotopic (exact) mass is 318 g/mol. The van der Waals surface area contributed by atoms with Gasteiger partial charge in [0.1, 0.15) is 0 Å². The summed E-state index contributed by atoms with van der Waals surface area (Å²) in [6.07, 6.45) is 3.76. The Morgan fingerprint density at radius 1 is 1.04 bits per heavy atom. The van der Waals surface area contributed by atoms with E-state index in [9.17, 15) is 0 Å². The maximum atomic E-state index is 4.28. The molecule has 0 aliphatic heterocycles. The number of hydrogen-bond acceptors (Lipinski definition) is 2. The minimum absolute atomic E-state index is 0.794. The molecular formula is C19H34N4. The van der Waals surface area contributed by atoms with Crippen LogP contribution in [0.5, 0.6) is 0 Å². The highest BCUT2D eigenvalue weighted by Crippen LogP contribution is 2.06. The van der Waals surface area contributed by atoms with Gasteiger partial charge >= 0.3 is 0 Å². The highest BCUT2D eigenvalue weighted by molar-refractivity contribution is 5.79. The van der Waals surface area contributed by atoms with Crippen molar-refractivity contribution in [3.8, 4) is 0 Å². The van der Waals surface area contributed by atoms with E-state index in [1.165, 1.54) is 30.4 Å². The summed E-state index contributed by atoms with van der Waals surface area (Å²) in [6, 6.07) is 8.75. The number of aliphatic imine (C=N–C) groups is 1. The molecule has 0 aromatic heterocycles. The summed E-state index contributed by atoms with van der Waals surface area (Å²) < 4.78 is 0. The molecule has 0 bridgehead atoms. The molecule has 4 nitrogen and oxygen atoms in total. The van der Waals surface area contributed by atoms with Gasteiger partial charge in [-0.1, -0.05) is 51.0 Å². The predicted molar refractivity (Wildman–Crippen MR) is 101 cm³/mol. The van der Waals surface area contributed by atoms with Gasteiger partial charge in [-0.05, 0) is 37.6 Å². The average molecular weight is 319 g/mol. The Bertz CT molecular complexity index is 449. The Balaban J connectivity index is 2.28. The first-order chi connectivity index (χ1) is 11.0. The van der Waals surface area contributed by atoms with Crippen molar-refractivity contribution in [2.45, 2.75) is 46.2 Å². The molecule has 4 heteroatoms. The van der Waals surface area contributed by atoms with Crippen molar-refractivity contribution in [1.29, 1.82) is 0 Å². The first-order valence-corrected chi connectivity index (χ1v) is 8.68. The Kier molecular flexibility index (Phi) is 9.37. The van der Waals surface area contributed by atoms with Gasteiger partial charge in [0, 0.05) is 26.7 Å². The Labute approximate surface area is 142 Å². The van der Waals surface area contributed by atoms with Crippen LogP contribution in [0.3, 0.4) is 0 Å². The second kappa shape index (κ2) is 11.1. The standard InChI is InChI=1S/C19H34N4/c1-16(2)8-6-7-13-21-19(20-3)22-14-17-9-11-18(12-10-17)15-23(4)5/h9-12,16H,6-8,13-15H2,1-5H3,(H2,20,21,22). The van der Waals surface area contributed by atoms with E-state index in [2.05, 4.69) is 72.7 Å². The first-order valence-electron chi connectivity index (χ1n) is 8.68. The van der Waals surface area contributed by atoms with Gasteiger partial charge in [0.05, 0.1) is 0 Å². The number of benzene rings is 1. The largest absolute Gasteiger partial charge is 0.356 e. The van der Waals surface area contributed by atoms with Gasteiger partial charge in [-0.3, -0.25) is 4.99 Å². The molecule has 0 saturated heterocycles. The van der Waals surface area contributed by atoms with E-state index in [0.29, 0.717) is 0 Å². The summed E-state index contributed by atoms with van der Waals surface area (Å²) in [5.74, 6) is 1.68. The Morgan fingerprint density at radius 2 is 1.70 bits per heavy atom. The first kappa shape index (κ1) is 19.5. The fourth-order valence-corrected chi connectivity index (χ4v) is 2.42. The smallest absolute Gasteiger partial charge is 0.191 e. The molecule has 0 atom stereocenters. The van der Waals surface area contributed by atoms with Crippen LogP contribution in [0.15, 0.2) is 29.3 Å². The normalized spacial score (nSPS) is 12.0. The molecule has 0 fully saturated rings. The Hall–Kier alpha value is -1.55. The van der Waals surface area contributed by atoms with Crippen LogP contribution in [-0.4, -0.2) is 38.5 Å². The second-order valence-corrected chi connectivity index (χ2v) is 6.80. The number of hydrogen-bond donors (Lipinski definition) is 2. The fraction of sp³-hybridized carbons (Fsp3) is 0.632. The molecule has 0 aliphatic carbocycles. The molecule has 0 radical (unpaired) electrons. The molecule has 0 spiro atoms. The lowest BCUT2D eigenvalue weighted by Crippen LogP contribution is -2.37. The van der Waals surface area contributed by atoms with Crippen LogP contribution in [0, 0.1) is 5.92 Å². The zero-order chi connectivity index (χ0) is 17.1. The molecule has 1 aromatic rings. The van der Waals surface area contributed by atoms with Gasteiger partial charge in [0.15, 0.2) is 5.96 Å². The summed E-state index contributed by atoms with van der Waals surface area (Å²) in [5.41, 5.74) is 2.61. The molecule has 130 valence electrons.